The molecule has 0 aliphatic heterocycles. The summed E-state index contributed by atoms with van der Waals surface area (Å²) in [6.45, 7) is 6.40. The molecule has 0 amide bonds. The summed E-state index contributed by atoms with van der Waals surface area (Å²) >= 11 is 0. The van der Waals surface area contributed by atoms with E-state index in [1.165, 1.54) is 60.8 Å². The van der Waals surface area contributed by atoms with Crippen LogP contribution in [0.2, 0.25) is 0 Å². The number of aliphatic imine (C=N–C) groups is 1. The summed E-state index contributed by atoms with van der Waals surface area (Å²) in [6, 6.07) is 64.1. The van der Waals surface area contributed by atoms with Gasteiger partial charge >= 0.3 is 0 Å². The van der Waals surface area contributed by atoms with Gasteiger partial charge in [0.15, 0.2) is 0 Å². The molecule has 1 N–H and O–H groups in total. The molecule has 0 saturated carbocycles. The predicted octanol–water partition coefficient (Wildman–Crippen LogP) is 13.6. The first-order valence-electron chi connectivity index (χ1n) is 19.9. The highest BCUT2D eigenvalue weighted by Crippen LogP contribution is 2.57. The van der Waals surface area contributed by atoms with E-state index in [0.29, 0.717) is 0 Å². The average Bonchev–Trinajstić information content (AvgIpc) is 3.75. The van der Waals surface area contributed by atoms with Gasteiger partial charge in [0.25, 0.3) is 0 Å². The number of hydrogen-bond acceptors (Lipinski definition) is 2. The molecule has 0 fully saturated rings. The summed E-state index contributed by atoms with van der Waals surface area (Å²) in [7, 11) is 0. The Balaban J connectivity index is 1.16. The molecule has 0 bridgehead atoms. The van der Waals surface area contributed by atoms with Crippen LogP contribution in [-0.4, -0.2) is 10.3 Å². The maximum atomic E-state index is 5.38. The summed E-state index contributed by atoms with van der Waals surface area (Å²) in [5.74, 6) is 0. The number of para-hydroxylation sites is 1. The van der Waals surface area contributed by atoms with Gasteiger partial charge in [-0.1, -0.05) is 164 Å². The molecule has 1 atom stereocenters. The molecule has 0 saturated heterocycles. The van der Waals surface area contributed by atoms with Crippen LogP contribution in [0.5, 0.6) is 0 Å². The number of allylic oxidation sites excluding steroid dienone is 5. The zero-order chi connectivity index (χ0) is 38.3. The van der Waals surface area contributed by atoms with Crippen molar-refractivity contribution in [2.75, 3.05) is 5.32 Å². The quantitative estimate of drug-likeness (QED) is 0.147. The summed E-state index contributed by atoms with van der Waals surface area (Å²) in [5, 5.41) is 6.30. The van der Waals surface area contributed by atoms with Gasteiger partial charge in [0.2, 0.25) is 0 Å². The second-order valence-electron chi connectivity index (χ2n) is 15.2. The molecular formula is C54H43N3. The average molecular weight is 734 g/mol. The van der Waals surface area contributed by atoms with Crippen LogP contribution in [0.1, 0.15) is 53.7 Å². The van der Waals surface area contributed by atoms with Crippen LogP contribution in [0.4, 0.5) is 5.69 Å². The fourth-order valence-corrected chi connectivity index (χ4v) is 9.30. The molecule has 1 heterocycles. The van der Waals surface area contributed by atoms with E-state index in [0.717, 1.165) is 41.1 Å². The van der Waals surface area contributed by atoms with Crippen molar-refractivity contribution in [3.63, 3.8) is 0 Å². The van der Waals surface area contributed by atoms with Crippen LogP contribution < -0.4 is 5.32 Å². The molecule has 8 aromatic rings. The van der Waals surface area contributed by atoms with Crippen molar-refractivity contribution in [1.82, 2.24) is 4.57 Å². The maximum absolute atomic E-state index is 5.38. The predicted molar refractivity (Wildman–Crippen MR) is 240 cm³/mol. The first-order valence-corrected chi connectivity index (χ1v) is 19.9. The van der Waals surface area contributed by atoms with Crippen molar-refractivity contribution in [2.45, 2.75) is 31.3 Å². The lowest BCUT2D eigenvalue weighted by Gasteiger charge is -2.34. The van der Waals surface area contributed by atoms with Gasteiger partial charge < -0.3 is 9.88 Å². The van der Waals surface area contributed by atoms with E-state index in [4.69, 9.17) is 4.99 Å². The van der Waals surface area contributed by atoms with Crippen molar-refractivity contribution in [2.24, 2.45) is 4.99 Å². The van der Waals surface area contributed by atoms with Crippen LogP contribution >= 0.6 is 0 Å². The van der Waals surface area contributed by atoms with Crippen LogP contribution in [0.25, 0.3) is 38.6 Å². The third-order valence-electron chi connectivity index (χ3n) is 11.8. The van der Waals surface area contributed by atoms with Crippen molar-refractivity contribution in [1.29, 1.82) is 0 Å². The fraction of sp³-hybridized carbons (Fsp3) is 0.0926. The number of aromatic nitrogens is 1. The molecule has 1 aromatic heterocycles. The molecular weight excluding hydrogens is 691 g/mol. The highest BCUT2D eigenvalue weighted by atomic mass is 15.1. The molecule has 2 aliphatic carbocycles. The highest BCUT2D eigenvalue weighted by Gasteiger charge is 2.46. The van der Waals surface area contributed by atoms with Gasteiger partial charge in [-0.25, -0.2) is 0 Å². The van der Waals surface area contributed by atoms with Crippen LogP contribution in [0.3, 0.4) is 0 Å². The lowest BCUT2D eigenvalue weighted by atomic mass is 9.67. The fourth-order valence-electron chi connectivity index (χ4n) is 9.30. The zero-order valence-electron chi connectivity index (χ0n) is 32.1. The second-order valence-corrected chi connectivity index (χ2v) is 15.2. The Kier molecular flexibility index (Phi) is 8.64. The molecule has 0 radical (unpaired) electrons. The van der Waals surface area contributed by atoms with Gasteiger partial charge in [0.1, 0.15) is 6.17 Å². The van der Waals surface area contributed by atoms with Gasteiger partial charge in [0.05, 0.1) is 22.2 Å². The smallest absolute Gasteiger partial charge is 0.145 e. The number of hydrogen-bond donors (Lipinski definition) is 1. The van der Waals surface area contributed by atoms with Gasteiger partial charge in [-0.2, -0.15) is 0 Å². The Morgan fingerprint density at radius 1 is 0.649 bits per heavy atom. The maximum Gasteiger partial charge on any atom is 0.145 e. The van der Waals surface area contributed by atoms with E-state index < -0.39 is 5.41 Å². The number of anilines is 1. The molecule has 0 spiro atoms. The van der Waals surface area contributed by atoms with Crippen LogP contribution in [0, 0.1) is 0 Å². The molecule has 10 rings (SSSR count). The summed E-state index contributed by atoms with van der Waals surface area (Å²) in [6.07, 6.45) is 8.19. The minimum atomic E-state index is -0.463. The van der Waals surface area contributed by atoms with Gasteiger partial charge in [-0.15, -0.1) is 0 Å². The van der Waals surface area contributed by atoms with E-state index in [1.54, 1.807) is 0 Å². The first kappa shape index (κ1) is 34.5. The van der Waals surface area contributed by atoms with Crippen molar-refractivity contribution in [3.8, 4) is 16.8 Å². The first-order chi connectivity index (χ1) is 28.1. The van der Waals surface area contributed by atoms with Gasteiger partial charge in [0, 0.05) is 22.1 Å². The molecule has 3 heteroatoms. The number of benzene rings is 7. The molecule has 57 heavy (non-hydrogen) atoms. The summed E-state index contributed by atoms with van der Waals surface area (Å²) < 4.78 is 2.43. The Bertz CT molecular complexity index is 2850. The van der Waals surface area contributed by atoms with Crippen LogP contribution in [0.15, 0.2) is 217 Å². The number of nitrogens with zero attached hydrogens (tertiary/aromatic N) is 2. The van der Waals surface area contributed by atoms with E-state index in [2.05, 4.69) is 218 Å². The molecule has 2 aliphatic rings. The molecule has 3 nitrogen and oxygen atoms in total. The van der Waals surface area contributed by atoms with Crippen LogP contribution in [-0.2, 0) is 5.41 Å². The van der Waals surface area contributed by atoms with Crippen molar-refractivity contribution in [3.05, 3.63) is 240 Å². The number of nitrogens with one attached hydrogen (secondary N) is 1. The lowest BCUT2D eigenvalue weighted by molar-refractivity contribution is 0.769. The van der Waals surface area contributed by atoms with E-state index in [1.807, 2.05) is 0 Å². The largest absolute Gasteiger partial charge is 0.360 e. The highest BCUT2D eigenvalue weighted by molar-refractivity contribution is 6.13. The normalized spacial score (nSPS) is 14.9. The van der Waals surface area contributed by atoms with Gasteiger partial charge in [-0.05, 0) is 106 Å². The second kappa shape index (κ2) is 14.3. The minimum Gasteiger partial charge on any atom is -0.360 e. The topological polar surface area (TPSA) is 29.3 Å². The SMILES string of the molecule is C=C(C)/C(=N\C(Nc1cccc(-n2c3ccccc3c3cc4c(cc32)-c2ccccc2C4(c2ccccc2)c2ccccc2)c1)c1ccccc1)C1=CC=CCC1. The van der Waals surface area contributed by atoms with Gasteiger partial charge in [-0.3, -0.25) is 4.99 Å². The van der Waals surface area contributed by atoms with Crippen molar-refractivity contribution >= 4 is 33.2 Å². The lowest BCUT2D eigenvalue weighted by Crippen LogP contribution is -2.28. The summed E-state index contributed by atoms with van der Waals surface area (Å²) in [5.41, 5.74) is 15.9. The Labute approximate surface area is 334 Å². The van der Waals surface area contributed by atoms with E-state index >= 15 is 0 Å². The number of rotatable bonds is 9. The zero-order valence-corrected chi connectivity index (χ0v) is 32.1. The number of fused-ring (bicyclic) bond motifs is 6. The van der Waals surface area contributed by atoms with Crippen molar-refractivity contribution < 1.29 is 0 Å². The Morgan fingerprint density at radius 2 is 1.33 bits per heavy atom. The standard InChI is InChI=1S/C54H43N3/c1-37(2)52(38-20-7-3-8-21-38)56-53(39-22-9-4-10-23-39)55-42-28-19-29-43(34-42)57-50-33-18-16-31-45(50)47-35-49-46(36-51(47)57)44-30-15-17-32-48(44)54(49,40-24-11-5-12-25-40)41-26-13-6-14-27-41/h3-7,9-20,22-36,53,55H,1,8,21H2,2H3/b56-52+. The summed E-state index contributed by atoms with van der Waals surface area (Å²) in [4.78, 5) is 5.38. The molecule has 7 aromatic carbocycles. The minimum absolute atomic E-state index is 0.304. The third kappa shape index (κ3) is 5.78. The van der Waals surface area contributed by atoms with E-state index in [9.17, 15) is 0 Å². The Hall–Kier alpha value is -6.97. The van der Waals surface area contributed by atoms with E-state index in [-0.39, 0.29) is 6.17 Å². The Morgan fingerprint density at radius 3 is 2.05 bits per heavy atom. The monoisotopic (exact) mass is 733 g/mol. The molecule has 274 valence electrons. The molecule has 1 unspecified atom stereocenters. The third-order valence-corrected chi connectivity index (χ3v) is 11.8.